The van der Waals surface area contributed by atoms with Gasteiger partial charge in [0.25, 0.3) is 0 Å². The van der Waals surface area contributed by atoms with Gasteiger partial charge in [0.15, 0.2) is 0 Å². The van der Waals surface area contributed by atoms with Crippen LogP contribution in [-0.4, -0.2) is 0 Å². The lowest BCUT2D eigenvalue weighted by Gasteiger charge is -2.08. The molecule has 0 heterocycles. The minimum atomic E-state index is 0.453. The molecule has 3 aromatic rings. The van der Waals surface area contributed by atoms with Gasteiger partial charge in [0.2, 0.25) is 0 Å². The van der Waals surface area contributed by atoms with Crippen molar-refractivity contribution >= 4 is 16.7 Å². The van der Waals surface area contributed by atoms with Gasteiger partial charge in [0.1, 0.15) is 0 Å². The van der Waals surface area contributed by atoms with Crippen LogP contribution in [0.1, 0.15) is 61.3 Å². The Morgan fingerprint density at radius 1 is 0.763 bits per heavy atom. The normalized spacial score (nSPS) is 17.7. The highest BCUT2D eigenvalue weighted by molar-refractivity contribution is 5.75. The highest BCUT2D eigenvalue weighted by Crippen LogP contribution is 2.18. The van der Waals surface area contributed by atoms with Gasteiger partial charge in [0.05, 0.1) is 11.6 Å². The average Bonchev–Trinajstić information content (AvgIpc) is 2.97. The molecule has 1 atom stereocenters. The number of benzene rings is 3. The van der Waals surface area contributed by atoms with Gasteiger partial charge in [-0.3, -0.25) is 0 Å². The largest absolute Gasteiger partial charge is 0.192 e. The smallest absolute Gasteiger partial charge is 0.0991 e. The molecule has 1 aliphatic rings. The molecule has 0 aromatic heterocycles. The van der Waals surface area contributed by atoms with Crippen molar-refractivity contribution in [3.05, 3.63) is 136 Å². The fraction of sp³-hybridized carbons (Fsp3) is 0.162. The third kappa shape index (κ3) is 6.71. The van der Waals surface area contributed by atoms with Crippen LogP contribution < -0.4 is 10.4 Å². The summed E-state index contributed by atoms with van der Waals surface area (Å²) in [6, 6.07) is 26.8. The van der Waals surface area contributed by atoms with E-state index >= 15 is 0 Å². The lowest BCUT2D eigenvalue weighted by atomic mass is 9.97. The van der Waals surface area contributed by atoms with Crippen LogP contribution in [0.4, 0.5) is 0 Å². The number of hydrogen-bond donors (Lipinski definition) is 0. The van der Waals surface area contributed by atoms with Crippen molar-refractivity contribution in [2.24, 2.45) is 0 Å². The molecule has 1 nitrogen and oxygen atoms in total. The van der Waals surface area contributed by atoms with Gasteiger partial charge in [-0.2, -0.15) is 5.26 Å². The molecule has 0 saturated carbocycles. The highest BCUT2D eigenvalue weighted by atomic mass is 14.2. The average molecular weight is 490 g/mol. The van der Waals surface area contributed by atoms with Crippen LogP contribution in [0.3, 0.4) is 0 Å². The number of nitriles is 1. The van der Waals surface area contributed by atoms with Crippen LogP contribution in [0.5, 0.6) is 0 Å². The molecule has 3 aromatic carbocycles. The molecule has 1 aliphatic carbocycles. The molecule has 0 bridgehead atoms. The summed E-state index contributed by atoms with van der Waals surface area (Å²) >= 11 is 0. The molecule has 0 aliphatic heterocycles. The lowest BCUT2D eigenvalue weighted by Crippen LogP contribution is -2.28. The zero-order valence-corrected chi connectivity index (χ0v) is 22.1. The predicted octanol–water partition coefficient (Wildman–Crippen LogP) is 7.05. The van der Waals surface area contributed by atoms with Gasteiger partial charge >= 0.3 is 0 Å². The van der Waals surface area contributed by atoms with Crippen LogP contribution in [0.2, 0.25) is 0 Å². The summed E-state index contributed by atoms with van der Waals surface area (Å²) in [4.78, 5) is 0. The first-order chi connectivity index (χ1) is 18.6. The van der Waals surface area contributed by atoms with E-state index in [1.54, 1.807) is 0 Å². The second-order valence-corrected chi connectivity index (χ2v) is 9.37. The third-order valence-corrected chi connectivity index (χ3v) is 6.78. The van der Waals surface area contributed by atoms with Crippen molar-refractivity contribution in [2.75, 3.05) is 0 Å². The number of allylic oxidation sites excluding steroid dienone is 5. The molecule has 38 heavy (non-hydrogen) atoms. The Bertz CT molecular complexity index is 1660. The Kier molecular flexibility index (Phi) is 8.98. The van der Waals surface area contributed by atoms with Crippen molar-refractivity contribution in [3.63, 3.8) is 0 Å². The molecule has 4 rings (SSSR count). The number of hydrogen-bond acceptors (Lipinski definition) is 1. The van der Waals surface area contributed by atoms with E-state index in [1.807, 2.05) is 24.3 Å². The molecular weight excluding hydrogens is 458 g/mol. The number of fused-ring (bicyclic) bond motifs is 1. The molecule has 0 radical (unpaired) electrons. The van der Waals surface area contributed by atoms with E-state index in [1.165, 1.54) is 5.56 Å². The molecule has 184 valence electrons. The summed E-state index contributed by atoms with van der Waals surface area (Å²) in [5, 5.41) is 11.3. The maximum absolute atomic E-state index is 9.08. The van der Waals surface area contributed by atoms with Crippen molar-refractivity contribution in [1.82, 2.24) is 0 Å². The zero-order valence-electron chi connectivity index (χ0n) is 22.1. The van der Waals surface area contributed by atoms with E-state index in [4.69, 9.17) is 5.26 Å². The highest BCUT2D eigenvalue weighted by Gasteiger charge is 2.03. The van der Waals surface area contributed by atoms with E-state index in [0.29, 0.717) is 11.5 Å². The van der Waals surface area contributed by atoms with Crippen LogP contribution >= 0.6 is 0 Å². The molecule has 0 saturated heterocycles. The van der Waals surface area contributed by atoms with E-state index in [9.17, 15) is 0 Å². The first-order valence-electron chi connectivity index (χ1n) is 13.1. The fourth-order valence-corrected chi connectivity index (χ4v) is 4.24. The van der Waals surface area contributed by atoms with E-state index in [0.717, 1.165) is 57.5 Å². The topological polar surface area (TPSA) is 23.8 Å². The quantitative estimate of drug-likeness (QED) is 0.286. The Hall–Kier alpha value is -4.77. The molecule has 0 spiro atoms. The Labute approximate surface area is 226 Å². The summed E-state index contributed by atoms with van der Waals surface area (Å²) in [7, 11) is 0. The minimum Gasteiger partial charge on any atom is -0.192 e. The number of nitrogens with zero attached hydrogens (tertiary/aromatic N) is 1. The van der Waals surface area contributed by atoms with Gasteiger partial charge < -0.3 is 0 Å². The summed E-state index contributed by atoms with van der Waals surface area (Å²) < 4.78 is 0. The summed E-state index contributed by atoms with van der Waals surface area (Å²) in [6.45, 7) is 8.25. The molecule has 0 fully saturated rings. The fourth-order valence-electron chi connectivity index (χ4n) is 4.24. The monoisotopic (exact) mass is 489 g/mol. The van der Waals surface area contributed by atoms with Crippen molar-refractivity contribution in [2.45, 2.75) is 39.0 Å². The zero-order chi connectivity index (χ0) is 26.7. The summed E-state index contributed by atoms with van der Waals surface area (Å²) in [5.74, 6) is 14.2. The first kappa shape index (κ1) is 26.3. The Balaban J connectivity index is 1.80. The van der Waals surface area contributed by atoms with Crippen molar-refractivity contribution < 1.29 is 0 Å². The maximum atomic E-state index is 9.08. The van der Waals surface area contributed by atoms with Gasteiger partial charge in [-0.15, -0.1) is 0 Å². The van der Waals surface area contributed by atoms with Crippen molar-refractivity contribution in [1.29, 1.82) is 5.26 Å². The Morgan fingerprint density at radius 3 is 1.74 bits per heavy atom. The SMILES string of the molecule is C=C(C#N)c1ccc(C#C/C2=c3\cccc\c3=C(/C#Cc3ccc(C(C)CC)cc3)C/C=C\C=C/C2)cc1. The third-order valence-electron chi connectivity index (χ3n) is 6.78. The minimum absolute atomic E-state index is 0.453. The molecule has 0 amide bonds. The molecule has 1 unspecified atom stereocenters. The van der Waals surface area contributed by atoms with Crippen molar-refractivity contribution in [3.8, 4) is 29.8 Å². The number of rotatable bonds is 3. The van der Waals surface area contributed by atoms with Crippen LogP contribution in [0.15, 0.2) is 104 Å². The Morgan fingerprint density at radius 2 is 1.26 bits per heavy atom. The second kappa shape index (κ2) is 13.0. The van der Waals surface area contributed by atoms with Crippen LogP contribution in [0, 0.1) is 35.0 Å². The van der Waals surface area contributed by atoms with Gasteiger partial charge in [0, 0.05) is 22.3 Å². The molecular formula is C37H31N. The van der Waals surface area contributed by atoms with Crippen LogP contribution in [0.25, 0.3) is 16.7 Å². The molecule has 1 heteroatoms. The summed E-state index contributed by atoms with van der Waals surface area (Å²) in [5.41, 5.74) is 6.68. The first-order valence-corrected chi connectivity index (χ1v) is 13.1. The van der Waals surface area contributed by atoms with Crippen LogP contribution in [-0.2, 0) is 0 Å². The standard InChI is InChI=1S/C37H31N/c1-4-28(2)32-21-15-30(16-22-32)19-25-34-11-7-5-6-8-12-35(37-14-10-9-13-36(34)37)26-20-31-17-23-33(24-18-31)29(3)27-38/h5-10,13-18,21-24,28H,3-4,11-12H2,1-2H3/b7-5-,8-6-,36-34+,37-35+. The van der Waals surface area contributed by atoms with Gasteiger partial charge in [-0.1, -0.05) is 117 Å². The van der Waals surface area contributed by atoms with E-state index in [-0.39, 0.29) is 0 Å². The summed E-state index contributed by atoms with van der Waals surface area (Å²) in [6.07, 6.45) is 11.1. The molecule has 0 N–H and O–H groups in total. The van der Waals surface area contributed by atoms with E-state index in [2.05, 4.69) is 123 Å². The van der Waals surface area contributed by atoms with Gasteiger partial charge in [-0.25, -0.2) is 0 Å². The maximum Gasteiger partial charge on any atom is 0.0991 e. The second-order valence-electron chi connectivity index (χ2n) is 9.37. The van der Waals surface area contributed by atoms with Gasteiger partial charge in [-0.05, 0) is 71.0 Å². The predicted molar refractivity (Wildman–Crippen MR) is 160 cm³/mol. The lowest BCUT2D eigenvalue weighted by molar-refractivity contribution is 0.733. The van der Waals surface area contributed by atoms with E-state index < -0.39 is 0 Å².